The number of anilines is 2. The lowest BCUT2D eigenvalue weighted by Crippen LogP contribution is -2.47. The number of fused-ring (bicyclic) bond motifs is 6. The highest BCUT2D eigenvalue weighted by molar-refractivity contribution is 5.99. The summed E-state index contributed by atoms with van der Waals surface area (Å²) >= 11 is 0. The summed E-state index contributed by atoms with van der Waals surface area (Å²) in [6.07, 6.45) is 7.21. The van der Waals surface area contributed by atoms with E-state index in [2.05, 4.69) is 107 Å². The molecule has 0 saturated carbocycles. The first-order valence-corrected chi connectivity index (χ1v) is 44.7. The quantitative estimate of drug-likeness (QED) is 0.00421. The third-order valence-corrected chi connectivity index (χ3v) is 22.5. The number of hydrogen-bond donors (Lipinski definition) is 13. The minimum Gasteiger partial charge on any atom is -0.449 e. The molecule has 34 nitrogen and oxygen atoms in total. The molecule has 7 aromatic carbocycles. The number of nitro groups is 1. The minimum atomic E-state index is -1.02. The van der Waals surface area contributed by atoms with Crippen molar-refractivity contribution in [2.45, 2.75) is 180 Å². The van der Waals surface area contributed by atoms with E-state index >= 15 is 0 Å². The second-order valence-electron chi connectivity index (χ2n) is 33.0. The van der Waals surface area contributed by atoms with Gasteiger partial charge in [-0.2, -0.15) is 0 Å². The summed E-state index contributed by atoms with van der Waals surface area (Å²) in [5.74, 6) is -3.99. The Morgan fingerprint density at radius 2 is 0.846 bits per heavy atom. The number of rotatable bonds is 44. The van der Waals surface area contributed by atoms with Gasteiger partial charge in [0.05, 0.1) is 17.0 Å². The van der Waals surface area contributed by atoms with E-state index in [9.17, 15) is 67.6 Å². The van der Waals surface area contributed by atoms with Crippen LogP contribution in [0.3, 0.4) is 0 Å². The van der Waals surface area contributed by atoms with Gasteiger partial charge in [-0.3, -0.25) is 49.7 Å². The van der Waals surface area contributed by atoms with Gasteiger partial charge in [0.15, 0.2) is 11.6 Å². The second kappa shape index (κ2) is 53.5. The van der Waals surface area contributed by atoms with E-state index in [0.717, 1.165) is 82.5 Å². The van der Waals surface area contributed by atoms with E-state index in [1.54, 1.807) is 48.5 Å². The number of ether oxygens (including phenoxy) is 5. The van der Waals surface area contributed by atoms with Crippen molar-refractivity contribution in [1.29, 1.82) is 0 Å². The number of unbranched alkanes of at least 4 members (excludes halogenated alkanes) is 4. The molecular formula is C96H123N15O19. The summed E-state index contributed by atoms with van der Waals surface area (Å²) in [5.41, 5.74) is 30.7. The number of urea groups is 2. The second-order valence-corrected chi connectivity index (χ2v) is 33.0. The van der Waals surface area contributed by atoms with Gasteiger partial charge in [-0.15, -0.1) is 0 Å². The zero-order valence-electron chi connectivity index (χ0n) is 74.3. The summed E-state index contributed by atoms with van der Waals surface area (Å²) in [7, 11) is 0. The number of non-ortho nitro benzene ring substituents is 1. The third kappa shape index (κ3) is 33.4. The molecule has 15 N–H and O–H groups in total. The van der Waals surface area contributed by atoms with Crippen LogP contribution in [0.25, 0.3) is 22.3 Å². The summed E-state index contributed by atoms with van der Waals surface area (Å²) in [5, 5.41) is 34.3. The SMILES string of the molecule is C1CCNNC1.CC(C)[C@H](NC(=O)CCCCCNC(=O)OCC1c2ccccc2-c2ccccc21)C(=O)C[C@@H](CCCNC(N)=O)C(=O)Nc1ccc(COC(=O)N2CCCCN2)cc1.CC(C)[C@H](NC(=O)CCCCCNC(=O)OCC1c2ccccc2-c2ccccc21)C(=O)C[C@@H](CCCNC(N)=O)C(=O)Nc1ccc(COC(=O)Oc2ccc([N+](=O)[O-])cc2)cc1. The Kier molecular flexibility index (Phi) is 41.3. The third-order valence-electron chi connectivity index (χ3n) is 22.5. The number of amides is 11. The lowest BCUT2D eigenvalue weighted by Gasteiger charge is -2.26. The number of nitrogens with zero attached hydrogens (tertiary/aromatic N) is 2. The van der Waals surface area contributed by atoms with Gasteiger partial charge in [0.2, 0.25) is 23.6 Å². The number of alkyl carbamates (subject to hydrolysis) is 2. The highest BCUT2D eigenvalue weighted by Crippen LogP contribution is 2.46. The molecule has 2 saturated heterocycles. The van der Waals surface area contributed by atoms with Crippen molar-refractivity contribution in [3.05, 3.63) is 213 Å². The number of carbonyl (C=O) groups is 12. The van der Waals surface area contributed by atoms with Crippen LogP contribution in [0.5, 0.6) is 5.75 Å². The first kappa shape index (κ1) is 100. The Morgan fingerprint density at radius 1 is 0.454 bits per heavy atom. The first-order chi connectivity index (χ1) is 62.8. The topological polar surface area (TPSA) is 482 Å². The van der Waals surface area contributed by atoms with Crippen LogP contribution in [0.1, 0.15) is 188 Å². The van der Waals surface area contributed by atoms with Crippen LogP contribution < -0.4 is 75.0 Å². The van der Waals surface area contributed by atoms with E-state index < -0.39 is 71.2 Å². The van der Waals surface area contributed by atoms with Gasteiger partial charge < -0.3 is 77.7 Å². The molecule has 0 aromatic heterocycles. The molecule has 2 aliphatic heterocycles. The van der Waals surface area contributed by atoms with E-state index in [4.69, 9.17) is 35.2 Å². The van der Waals surface area contributed by atoms with Crippen molar-refractivity contribution < 1.29 is 86.1 Å². The number of benzene rings is 7. The summed E-state index contributed by atoms with van der Waals surface area (Å²) in [4.78, 5) is 163. The average Bonchev–Trinajstić information content (AvgIpc) is 1.62. The minimum absolute atomic E-state index is 0.0193. The molecule has 0 spiro atoms. The molecule has 0 unspecified atom stereocenters. The summed E-state index contributed by atoms with van der Waals surface area (Å²) in [6.45, 7) is 12.5. The molecule has 7 aromatic rings. The molecule has 0 radical (unpaired) electrons. The van der Waals surface area contributed by atoms with E-state index in [1.165, 1.54) is 42.1 Å². The average molecular weight is 1790 g/mol. The highest BCUT2D eigenvalue weighted by Gasteiger charge is 2.35. The number of carbonyl (C=O) groups excluding carboxylic acids is 12. The van der Waals surface area contributed by atoms with E-state index in [1.807, 2.05) is 76.2 Å². The maximum absolute atomic E-state index is 13.7. The number of nitrogens with one attached hydrogen (secondary N) is 11. The van der Waals surface area contributed by atoms with Crippen LogP contribution in [0, 0.1) is 33.8 Å². The van der Waals surface area contributed by atoms with Crippen molar-refractivity contribution in [2.24, 2.45) is 35.1 Å². The predicted molar refractivity (Wildman–Crippen MR) is 490 cm³/mol. The molecule has 11 rings (SSSR count). The lowest BCUT2D eigenvalue weighted by atomic mass is 9.89. The standard InChI is InChI=1S/C47H54N6O11.C45H59N7O8.C4H10N2/c1-30(2)43(52-42(55)16-4-3-9-25-50-46(58)62-29-40-38-14-7-5-12-36(38)37-13-6-8-15-39(37)40)41(54)27-32(11-10-26-49-45(48)57)44(56)51-33-19-17-31(18-20-33)28-63-47(59)64-35-23-21-34(22-24-35)53(60)61;1-30(2)41(51-40(54)18-4-3-9-23-48-44(57)59-29-38-36-16-7-5-14-34(36)35-15-6-8-17-37(35)38)39(53)27-32(13-12-24-47-43(46)56)42(55)50-33-21-19-31(20-22-33)28-60-45(58)52-26-11-10-25-49-52;1-2-4-6-5-3-1/h5-8,12-15,17-24,30,32,40,43H,3-4,9-11,16,25-29H2,1-2H3,(H,50,58)(H,51,56)(H,52,55)(H3,48,49,57);5-8,14-17,19-22,30,32,38,41,49H,3-4,9-13,18,23-29H2,1-2H3,(H,48,57)(H,50,55)(H,51,54)(H3,46,47,56);5-6H,1-4H2/t32-,43+;32-,41+;/m11./s1. The largest absolute Gasteiger partial charge is 0.514 e. The number of nitrogens with two attached hydrogens (primary N) is 2. The van der Waals surface area contributed by atoms with Gasteiger partial charge in [0.25, 0.3) is 5.69 Å². The Hall–Kier alpha value is -13.3. The van der Waals surface area contributed by atoms with Crippen molar-refractivity contribution in [3.63, 3.8) is 0 Å². The van der Waals surface area contributed by atoms with Gasteiger partial charge in [-0.1, -0.05) is 162 Å². The monoisotopic (exact) mass is 1790 g/mol. The number of Topliss-reactive ketones (excluding diaryl/α,β-unsaturated/α-hetero) is 2. The summed E-state index contributed by atoms with van der Waals surface area (Å²) < 4.78 is 26.8. The van der Waals surface area contributed by atoms with Crippen molar-refractivity contribution in [1.82, 2.24) is 53.2 Å². The Labute approximate surface area is 757 Å². The molecule has 2 heterocycles. The maximum atomic E-state index is 13.7. The maximum Gasteiger partial charge on any atom is 0.514 e. The van der Waals surface area contributed by atoms with Crippen LogP contribution in [0.4, 0.5) is 45.8 Å². The Morgan fingerprint density at radius 3 is 1.22 bits per heavy atom. The number of hydrogen-bond acceptors (Lipinski definition) is 22. The van der Waals surface area contributed by atoms with Gasteiger partial charge >= 0.3 is 36.5 Å². The Bertz CT molecular complexity index is 4810. The molecule has 4 aliphatic rings. The molecular weight excluding hydrogens is 1670 g/mol. The fourth-order valence-electron chi connectivity index (χ4n) is 15.5. The summed E-state index contributed by atoms with van der Waals surface area (Å²) in [6, 6.07) is 47.8. The smallest absolute Gasteiger partial charge is 0.449 e. The van der Waals surface area contributed by atoms with Gasteiger partial charge in [-0.25, -0.2) is 39.2 Å². The van der Waals surface area contributed by atoms with Gasteiger partial charge in [0, 0.05) is 125 Å². The normalized spacial score (nSPS) is 13.8. The number of nitro benzene ring substituents is 1. The predicted octanol–water partition coefficient (Wildman–Crippen LogP) is 13.5. The van der Waals surface area contributed by atoms with Crippen molar-refractivity contribution >= 4 is 88.8 Å². The molecule has 0 bridgehead atoms. The molecule has 34 heteroatoms. The lowest BCUT2D eigenvalue weighted by molar-refractivity contribution is -0.384. The van der Waals surface area contributed by atoms with Crippen LogP contribution in [-0.2, 0) is 60.9 Å². The molecule has 130 heavy (non-hydrogen) atoms. The zero-order chi connectivity index (χ0) is 93.1. The van der Waals surface area contributed by atoms with Crippen molar-refractivity contribution in [3.8, 4) is 28.0 Å². The fourth-order valence-corrected chi connectivity index (χ4v) is 15.5. The molecule has 2 aliphatic carbocycles. The van der Waals surface area contributed by atoms with Crippen LogP contribution >= 0.6 is 0 Å². The number of primary amides is 2. The Balaban J connectivity index is 0.000000275. The number of ketones is 2. The molecule has 696 valence electrons. The van der Waals surface area contributed by atoms with Crippen molar-refractivity contribution in [2.75, 3.05) is 76.2 Å². The van der Waals surface area contributed by atoms with Crippen LogP contribution in [0.15, 0.2) is 170 Å². The van der Waals surface area contributed by atoms with E-state index in [0.29, 0.717) is 94.4 Å². The van der Waals surface area contributed by atoms with Crippen LogP contribution in [0.2, 0.25) is 0 Å². The number of hydrazine groups is 2. The first-order valence-electron chi connectivity index (χ1n) is 44.7. The van der Waals surface area contributed by atoms with Crippen LogP contribution in [-0.4, -0.2) is 159 Å². The fraction of sp³-hybridized carbons (Fsp3) is 0.438. The highest BCUT2D eigenvalue weighted by atomic mass is 16.7. The molecule has 4 atom stereocenters. The van der Waals surface area contributed by atoms with Gasteiger partial charge in [0.1, 0.15) is 32.2 Å². The van der Waals surface area contributed by atoms with Gasteiger partial charge in [-0.05, 0) is 181 Å². The zero-order valence-corrected chi connectivity index (χ0v) is 74.3. The van der Waals surface area contributed by atoms with E-state index in [-0.39, 0.29) is 136 Å². The molecule has 2 fully saturated rings. The molecule has 11 amide bonds.